The molecule has 1 heterocycles. The van der Waals surface area contributed by atoms with Crippen LogP contribution >= 0.6 is 11.6 Å². The zero-order valence-corrected chi connectivity index (χ0v) is 9.77. The molecule has 0 spiro atoms. The third kappa shape index (κ3) is 2.86. The average Bonchev–Trinajstić information content (AvgIpc) is 2.66. The largest absolute Gasteiger partial charge is 0.488 e. The molecule has 1 aliphatic heterocycles. The van der Waals surface area contributed by atoms with E-state index < -0.39 is 0 Å². The van der Waals surface area contributed by atoms with Crippen LogP contribution in [0, 0.1) is 5.82 Å². The molecule has 0 aliphatic carbocycles. The first-order valence-electron chi connectivity index (χ1n) is 5.51. The molecule has 2 rings (SSSR count). The summed E-state index contributed by atoms with van der Waals surface area (Å²) >= 11 is 5.57. The van der Waals surface area contributed by atoms with Crippen LogP contribution < -0.4 is 10.1 Å². The van der Waals surface area contributed by atoms with Gasteiger partial charge in [0.1, 0.15) is 17.7 Å². The van der Waals surface area contributed by atoms with Crippen LogP contribution in [0.3, 0.4) is 0 Å². The molecular formula is C12H15ClFNO. The third-order valence-corrected chi connectivity index (χ3v) is 2.89. The highest BCUT2D eigenvalue weighted by atomic mass is 35.5. The Bertz CT molecular complexity index is 359. The van der Waals surface area contributed by atoms with Gasteiger partial charge in [0, 0.05) is 24.4 Å². The number of nitrogens with one attached hydrogen (secondary N) is 1. The lowest BCUT2D eigenvalue weighted by Gasteiger charge is -2.11. The van der Waals surface area contributed by atoms with Crippen molar-refractivity contribution in [3.05, 3.63) is 29.6 Å². The lowest BCUT2D eigenvalue weighted by molar-refractivity contribution is 0.228. The van der Waals surface area contributed by atoms with Crippen molar-refractivity contribution in [2.45, 2.75) is 18.9 Å². The maximum absolute atomic E-state index is 13.0. The Morgan fingerprint density at radius 1 is 1.50 bits per heavy atom. The number of halogens is 2. The van der Waals surface area contributed by atoms with Gasteiger partial charge in [-0.25, -0.2) is 4.39 Å². The van der Waals surface area contributed by atoms with Crippen molar-refractivity contribution in [1.29, 1.82) is 0 Å². The van der Waals surface area contributed by atoms with E-state index in [1.165, 1.54) is 6.07 Å². The second kappa shape index (κ2) is 5.51. The van der Waals surface area contributed by atoms with Crippen LogP contribution in [-0.2, 0) is 6.42 Å². The van der Waals surface area contributed by atoms with Gasteiger partial charge in [-0.2, -0.15) is 0 Å². The molecule has 1 aliphatic rings. The molecule has 1 N–H and O–H groups in total. The lowest BCUT2D eigenvalue weighted by atomic mass is 10.1. The molecule has 16 heavy (non-hydrogen) atoms. The molecule has 1 aromatic rings. The summed E-state index contributed by atoms with van der Waals surface area (Å²) in [5.41, 5.74) is 0.962. The Hall–Kier alpha value is -0.800. The van der Waals surface area contributed by atoms with Crippen molar-refractivity contribution in [2.75, 3.05) is 19.0 Å². The maximum Gasteiger partial charge on any atom is 0.123 e. The molecule has 0 saturated heterocycles. The van der Waals surface area contributed by atoms with Crippen LogP contribution in [0.15, 0.2) is 18.2 Å². The fourth-order valence-electron chi connectivity index (χ4n) is 1.86. The van der Waals surface area contributed by atoms with Crippen molar-refractivity contribution in [3.63, 3.8) is 0 Å². The highest BCUT2D eigenvalue weighted by Crippen LogP contribution is 2.28. The van der Waals surface area contributed by atoms with Gasteiger partial charge in [0.05, 0.1) is 0 Å². The SMILES string of the molecule is Fc1ccc2c(c1)CC(CNCCCCl)O2. The third-order valence-electron chi connectivity index (χ3n) is 2.62. The Labute approximate surface area is 99.7 Å². The Balaban J connectivity index is 1.81. The average molecular weight is 244 g/mol. The van der Waals surface area contributed by atoms with Gasteiger partial charge in [0.15, 0.2) is 0 Å². The number of alkyl halides is 1. The van der Waals surface area contributed by atoms with E-state index in [2.05, 4.69) is 5.32 Å². The maximum atomic E-state index is 13.0. The Kier molecular flexibility index (Phi) is 4.02. The van der Waals surface area contributed by atoms with Gasteiger partial charge >= 0.3 is 0 Å². The first-order chi connectivity index (χ1) is 7.79. The topological polar surface area (TPSA) is 21.3 Å². The minimum atomic E-state index is -0.196. The number of benzene rings is 1. The van der Waals surface area contributed by atoms with E-state index in [-0.39, 0.29) is 11.9 Å². The first-order valence-corrected chi connectivity index (χ1v) is 6.05. The molecule has 4 heteroatoms. The molecule has 0 amide bonds. The molecule has 0 fully saturated rings. The van der Waals surface area contributed by atoms with Crippen LogP contribution in [0.25, 0.3) is 0 Å². The highest BCUT2D eigenvalue weighted by Gasteiger charge is 2.22. The first kappa shape index (κ1) is 11.7. The summed E-state index contributed by atoms with van der Waals surface area (Å²) in [6.45, 7) is 1.68. The van der Waals surface area contributed by atoms with Gasteiger partial charge in [-0.05, 0) is 31.2 Å². The van der Waals surface area contributed by atoms with Crippen LogP contribution in [0.5, 0.6) is 5.75 Å². The van der Waals surface area contributed by atoms with E-state index in [0.717, 1.165) is 37.2 Å². The predicted molar refractivity (Wildman–Crippen MR) is 62.7 cm³/mol. The smallest absolute Gasteiger partial charge is 0.123 e. The van der Waals surface area contributed by atoms with E-state index in [4.69, 9.17) is 16.3 Å². The van der Waals surface area contributed by atoms with Crippen molar-refractivity contribution < 1.29 is 9.13 Å². The molecule has 1 aromatic carbocycles. The fraction of sp³-hybridized carbons (Fsp3) is 0.500. The standard InChI is InChI=1S/C12H15ClFNO/c13-4-1-5-15-8-11-7-9-6-10(14)2-3-12(9)16-11/h2-3,6,11,15H,1,4-5,7-8H2. The normalized spacial score (nSPS) is 18.2. The van der Waals surface area contributed by atoms with Gasteiger partial charge in [0.25, 0.3) is 0 Å². The van der Waals surface area contributed by atoms with Crippen molar-refractivity contribution in [1.82, 2.24) is 5.32 Å². The van der Waals surface area contributed by atoms with E-state index in [0.29, 0.717) is 5.88 Å². The van der Waals surface area contributed by atoms with Gasteiger partial charge in [-0.1, -0.05) is 0 Å². The van der Waals surface area contributed by atoms with E-state index in [9.17, 15) is 4.39 Å². The van der Waals surface area contributed by atoms with Crippen molar-refractivity contribution >= 4 is 11.6 Å². The molecule has 0 saturated carbocycles. The molecule has 88 valence electrons. The molecular weight excluding hydrogens is 229 g/mol. The summed E-state index contributed by atoms with van der Waals surface area (Å²) in [6, 6.07) is 4.68. The second-order valence-electron chi connectivity index (χ2n) is 3.94. The minimum absolute atomic E-state index is 0.118. The van der Waals surface area contributed by atoms with Crippen LogP contribution in [0.2, 0.25) is 0 Å². The van der Waals surface area contributed by atoms with Gasteiger partial charge in [-0.3, -0.25) is 0 Å². The molecule has 0 radical (unpaired) electrons. The number of fused-ring (bicyclic) bond motifs is 1. The van der Waals surface area contributed by atoms with Gasteiger partial charge < -0.3 is 10.1 Å². The molecule has 1 unspecified atom stereocenters. The van der Waals surface area contributed by atoms with E-state index >= 15 is 0 Å². The Morgan fingerprint density at radius 3 is 3.19 bits per heavy atom. The zero-order chi connectivity index (χ0) is 11.4. The minimum Gasteiger partial charge on any atom is -0.488 e. The lowest BCUT2D eigenvalue weighted by Crippen LogP contribution is -2.30. The summed E-state index contributed by atoms with van der Waals surface area (Å²) in [7, 11) is 0. The summed E-state index contributed by atoms with van der Waals surface area (Å²) in [5.74, 6) is 1.29. The van der Waals surface area contributed by atoms with Crippen molar-refractivity contribution in [2.24, 2.45) is 0 Å². The summed E-state index contributed by atoms with van der Waals surface area (Å²) in [6.07, 6.45) is 1.85. The molecule has 2 nitrogen and oxygen atoms in total. The number of hydrogen-bond donors (Lipinski definition) is 1. The van der Waals surface area contributed by atoms with Crippen LogP contribution in [-0.4, -0.2) is 25.1 Å². The number of ether oxygens (including phenoxy) is 1. The summed E-state index contributed by atoms with van der Waals surface area (Å²) in [5, 5.41) is 3.27. The van der Waals surface area contributed by atoms with Gasteiger partial charge in [-0.15, -0.1) is 11.6 Å². The fourth-order valence-corrected chi connectivity index (χ4v) is 1.99. The molecule has 1 atom stereocenters. The molecule has 0 aromatic heterocycles. The van der Waals surface area contributed by atoms with E-state index in [1.54, 1.807) is 12.1 Å². The zero-order valence-electron chi connectivity index (χ0n) is 9.01. The Morgan fingerprint density at radius 2 is 2.38 bits per heavy atom. The van der Waals surface area contributed by atoms with E-state index in [1.807, 2.05) is 0 Å². The highest BCUT2D eigenvalue weighted by molar-refractivity contribution is 6.17. The summed E-state index contributed by atoms with van der Waals surface area (Å²) in [4.78, 5) is 0. The van der Waals surface area contributed by atoms with Crippen LogP contribution in [0.1, 0.15) is 12.0 Å². The monoisotopic (exact) mass is 243 g/mol. The molecule has 0 bridgehead atoms. The number of rotatable bonds is 5. The quantitative estimate of drug-likeness (QED) is 0.633. The van der Waals surface area contributed by atoms with Crippen molar-refractivity contribution in [3.8, 4) is 5.75 Å². The predicted octanol–water partition coefficient (Wildman–Crippen LogP) is 2.35. The second-order valence-corrected chi connectivity index (χ2v) is 4.32. The number of hydrogen-bond acceptors (Lipinski definition) is 2. The van der Waals surface area contributed by atoms with Gasteiger partial charge in [0.2, 0.25) is 0 Å². The van der Waals surface area contributed by atoms with Crippen LogP contribution in [0.4, 0.5) is 4.39 Å². The summed E-state index contributed by atoms with van der Waals surface area (Å²) < 4.78 is 18.6.